The lowest BCUT2D eigenvalue weighted by Gasteiger charge is -2.33. The van der Waals surface area contributed by atoms with Crippen molar-refractivity contribution in [2.24, 2.45) is 0 Å². The Morgan fingerprint density at radius 1 is 1.11 bits per heavy atom. The number of nitrogens with one attached hydrogen (secondary N) is 1. The molecule has 13 heteroatoms. The number of fused-ring (bicyclic) bond motifs is 1. The zero-order valence-corrected chi connectivity index (χ0v) is 22.7. The van der Waals surface area contributed by atoms with Gasteiger partial charge in [0, 0.05) is 46.4 Å². The van der Waals surface area contributed by atoms with Crippen molar-refractivity contribution in [3.8, 4) is 17.3 Å². The van der Waals surface area contributed by atoms with E-state index in [2.05, 4.69) is 26.9 Å². The highest BCUT2D eigenvalue weighted by Gasteiger charge is 2.30. The molecule has 1 aliphatic heterocycles. The number of aryl methyl sites for hydroxylation is 2. The Morgan fingerprint density at radius 2 is 1.86 bits per heavy atom. The van der Waals surface area contributed by atoms with E-state index in [1.807, 2.05) is 13.8 Å². The van der Waals surface area contributed by atoms with Gasteiger partial charge >= 0.3 is 0 Å². The lowest BCUT2D eigenvalue weighted by atomic mass is 10.2. The zero-order chi connectivity index (χ0) is 26.6. The fourth-order valence-corrected chi connectivity index (χ4v) is 5.91. The van der Waals surface area contributed by atoms with Gasteiger partial charge in [0.25, 0.3) is 5.56 Å². The van der Waals surface area contributed by atoms with Crippen LogP contribution in [0, 0.1) is 0 Å². The standard InChI is InChI=1S/C24H35N7O5S/c1-5-19-20-21(28-31(19)9-8-14-35-4)23(32)27-22(26-20)18-15-17(16-25-24(18)36-7-3)37(33,34)30-12-10-29(6-2)11-13-30/h15-16H,5-14H2,1-4H3,(H,26,27,32). The molecule has 0 amide bonds. The highest BCUT2D eigenvalue weighted by Crippen LogP contribution is 2.30. The van der Waals surface area contributed by atoms with Gasteiger partial charge < -0.3 is 19.4 Å². The van der Waals surface area contributed by atoms with Crippen molar-refractivity contribution < 1.29 is 17.9 Å². The zero-order valence-electron chi connectivity index (χ0n) is 21.9. The minimum absolute atomic E-state index is 0.0321. The molecule has 3 aromatic heterocycles. The fraction of sp³-hybridized carbons (Fsp3) is 0.583. The molecule has 0 saturated carbocycles. The van der Waals surface area contributed by atoms with E-state index in [9.17, 15) is 13.2 Å². The third-order valence-electron chi connectivity index (χ3n) is 6.53. The third kappa shape index (κ3) is 5.54. The molecule has 202 valence electrons. The lowest BCUT2D eigenvalue weighted by molar-refractivity contribution is 0.188. The predicted octanol–water partition coefficient (Wildman–Crippen LogP) is 1.51. The Kier molecular flexibility index (Phi) is 8.57. The van der Waals surface area contributed by atoms with Crippen LogP contribution < -0.4 is 10.3 Å². The van der Waals surface area contributed by atoms with Crippen molar-refractivity contribution in [3.63, 3.8) is 0 Å². The van der Waals surface area contributed by atoms with E-state index in [-0.39, 0.29) is 22.1 Å². The van der Waals surface area contributed by atoms with Gasteiger partial charge in [-0.05, 0) is 32.4 Å². The van der Waals surface area contributed by atoms with Gasteiger partial charge in [-0.15, -0.1) is 0 Å². The molecule has 0 aliphatic carbocycles. The third-order valence-corrected chi connectivity index (χ3v) is 8.40. The van der Waals surface area contributed by atoms with Crippen molar-refractivity contribution in [2.75, 3.05) is 53.0 Å². The molecule has 0 aromatic carbocycles. The monoisotopic (exact) mass is 533 g/mol. The van der Waals surface area contributed by atoms with E-state index in [0.717, 1.165) is 18.7 Å². The number of hydrogen-bond donors (Lipinski definition) is 1. The molecule has 3 aromatic rings. The first-order chi connectivity index (χ1) is 17.8. The summed E-state index contributed by atoms with van der Waals surface area (Å²) in [5.41, 5.74) is 1.43. The molecule has 0 atom stereocenters. The number of methoxy groups -OCH3 is 1. The number of likely N-dealkylation sites (N-methyl/N-ethyl adjacent to an activating group) is 1. The molecule has 1 aliphatic rings. The highest BCUT2D eigenvalue weighted by atomic mass is 32.2. The number of aromatic amines is 1. The molecule has 1 N–H and O–H groups in total. The van der Waals surface area contributed by atoms with Crippen LogP contribution in [0.2, 0.25) is 0 Å². The first kappa shape index (κ1) is 27.2. The Morgan fingerprint density at radius 3 is 2.51 bits per heavy atom. The van der Waals surface area contributed by atoms with E-state index in [1.54, 1.807) is 11.8 Å². The molecular formula is C24H35N7O5S. The topological polar surface area (TPSA) is 136 Å². The summed E-state index contributed by atoms with van der Waals surface area (Å²) in [7, 11) is -2.15. The molecule has 4 rings (SSSR count). The minimum atomic E-state index is -3.79. The van der Waals surface area contributed by atoms with E-state index >= 15 is 0 Å². The smallest absolute Gasteiger partial charge is 0.279 e. The van der Waals surface area contributed by atoms with Crippen molar-refractivity contribution in [1.29, 1.82) is 0 Å². The van der Waals surface area contributed by atoms with Gasteiger partial charge in [-0.3, -0.25) is 9.48 Å². The number of piperazine rings is 1. The number of aromatic nitrogens is 5. The number of sulfonamides is 1. The summed E-state index contributed by atoms with van der Waals surface area (Å²) in [6.45, 7) is 10.4. The molecule has 0 unspecified atom stereocenters. The van der Waals surface area contributed by atoms with Crippen LogP contribution in [-0.2, 0) is 27.7 Å². The van der Waals surface area contributed by atoms with Crippen LogP contribution in [0.25, 0.3) is 22.4 Å². The van der Waals surface area contributed by atoms with Crippen LogP contribution in [0.3, 0.4) is 0 Å². The van der Waals surface area contributed by atoms with E-state index in [1.165, 1.54) is 16.6 Å². The normalized spacial score (nSPS) is 15.5. The summed E-state index contributed by atoms with van der Waals surface area (Å²) in [6.07, 6.45) is 2.67. The van der Waals surface area contributed by atoms with Crippen LogP contribution in [0.1, 0.15) is 32.9 Å². The van der Waals surface area contributed by atoms with E-state index in [4.69, 9.17) is 14.5 Å². The highest BCUT2D eigenvalue weighted by molar-refractivity contribution is 7.89. The van der Waals surface area contributed by atoms with Crippen LogP contribution in [-0.4, -0.2) is 95.4 Å². The summed E-state index contributed by atoms with van der Waals surface area (Å²) in [4.78, 5) is 27.1. The largest absolute Gasteiger partial charge is 0.477 e. The van der Waals surface area contributed by atoms with Gasteiger partial charge in [0.15, 0.2) is 5.52 Å². The van der Waals surface area contributed by atoms with Gasteiger partial charge in [-0.25, -0.2) is 18.4 Å². The van der Waals surface area contributed by atoms with E-state index < -0.39 is 15.6 Å². The van der Waals surface area contributed by atoms with Crippen molar-refractivity contribution >= 4 is 21.1 Å². The fourth-order valence-electron chi connectivity index (χ4n) is 4.52. The van der Waals surface area contributed by atoms with Crippen molar-refractivity contribution in [1.82, 2.24) is 33.9 Å². The number of pyridine rings is 1. The first-order valence-electron chi connectivity index (χ1n) is 12.7. The maximum Gasteiger partial charge on any atom is 0.279 e. The summed E-state index contributed by atoms with van der Waals surface area (Å²) >= 11 is 0. The molecule has 12 nitrogen and oxygen atoms in total. The van der Waals surface area contributed by atoms with Crippen LogP contribution in [0.5, 0.6) is 5.88 Å². The van der Waals surface area contributed by atoms with Crippen LogP contribution in [0.15, 0.2) is 22.0 Å². The number of hydrogen-bond acceptors (Lipinski definition) is 9. The Labute approximate surface area is 216 Å². The minimum Gasteiger partial charge on any atom is -0.477 e. The summed E-state index contributed by atoms with van der Waals surface area (Å²) in [5, 5.41) is 4.48. The van der Waals surface area contributed by atoms with Gasteiger partial charge in [0.05, 0.1) is 24.1 Å². The van der Waals surface area contributed by atoms with Crippen molar-refractivity contribution in [3.05, 3.63) is 28.3 Å². The van der Waals surface area contributed by atoms with Gasteiger partial charge in [-0.2, -0.15) is 9.40 Å². The average molecular weight is 534 g/mol. The molecule has 1 saturated heterocycles. The molecule has 0 bridgehead atoms. The number of ether oxygens (including phenoxy) is 2. The summed E-state index contributed by atoms with van der Waals surface area (Å²) in [5.74, 6) is 0.387. The Hall–Kier alpha value is -2.87. The Balaban J connectivity index is 1.78. The number of rotatable bonds is 11. The quantitative estimate of drug-likeness (QED) is 0.364. The SMILES string of the molecule is CCOc1ncc(S(=O)(=O)N2CCN(CC)CC2)cc1-c1nc2c(CC)n(CCCOC)nc2c(=O)[nH]1. The van der Waals surface area contributed by atoms with Crippen LogP contribution >= 0.6 is 0 Å². The molecule has 1 fully saturated rings. The molecule has 0 spiro atoms. The molecule has 0 radical (unpaired) electrons. The van der Waals surface area contributed by atoms with Gasteiger partial charge in [0.1, 0.15) is 16.2 Å². The molecule has 37 heavy (non-hydrogen) atoms. The van der Waals surface area contributed by atoms with E-state index in [0.29, 0.717) is 63.4 Å². The molecule has 4 heterocycles. The second kappa shape index (κ2) is 11.7. The lowest BCUT2D eigenvalue weighted by Crippen LogP contribution is -2.48. The maximum absolute atomic E-state index is 13.5. The summed E-state index contributed by atoms with van der Waals surface area (Å²) in [6, 6.07) is 1.48. The second-order valence-corrected chi connectivity index (χ2v) is 10.7. The first-order valence-corrected chi connectivity index (χ1v) is 14.1. The second-order valence-electron chi connectivity index (χ2n) is 8.78. The number of H-pyrrole nitrogens is 1. The predicted molar refractivity (Wildman–Crippen MR) is 139 cm³/mol. The van der Waals surface area contributed by atoms with Gasteiger partial charge in [0.2, 0.25) is 15.9 Å². The van der Waals surface area contributed by atoms with Crippen LogP contribution in [0.4, 0.5) is 0 Å². The number of nitrogens with zero attached hydrogens (tertiary/aromatic N) is 6. The summed E-state index contributed by atoms with van der Waals surface area (Å²) < 4.78 is 41.0. The van der Waals surface area contributed by atoms with Crippen molar-refractivity contribution in [2.45, 2.75) is 45.1 Å². The van der Waals surface area contributed by atoms with Gasteiger partial charge in [-0.1, -0.05) is 13.8 Å². The maximum atomic E-state index is 13.5. The molecular weight excluding hydrogens is 498 g/mol. The average Bonchev–Trinajstić information content (AvgIpc) is 3.27. The Bertz CT molecular complexity index is 1390.